The number of carboxylic acid groups (broad SMARTS) is 1. The van der Waals surface area contributed by atoms with E-state index in [1.54, 1.807) is 0 Å². The SMILES string of the molecule is O=C(NC1(C(=O)O)CCSC1)c1ccoc1Cl. The predicted octanol–water partition coefficient (Wildman–Crippen LogP) is 1.62. The predicted molar refractivity (Wildman–Crippen MR) is 63.5 cm³/mol. The summed E-state index contributed by atoms with van der Waals surface area (Å²) in [6.45, 7) is 0. The molecule has 1 aromatic rings. The molecule has 1 saturated heterocycles. The number of furan rings is 1. The number of carboxylic acids is 1. The highest BCUT2D eigenvalue weighted by molar-refractivity contribution is 7.99. The minimum Gasteiger partial charge on any atom is -0.479 e. The lowest BCUT2D eigenvalue weighted by molar-refractivity contribution is -0.143. The normalized spacial score (nSPS) is 23.6. The fourth-order valence-electron chi connectivity index (χ4n) is 1.63. The number of thioether (sulfide) groups is 1. The van der Waals surface area contributed by atoms with Crippen molar-refractivity contribution < 1.29 is 19.1 Å². The molecular weight excluding hydrogens is 266 g/mol. The summed E-state index contributed by atoms with van der Waals surface area (Å²) in [7, 11) is 0. The van der Waals surface area contributed by atoms with Crippen LogP contribution in [0.2, 0.25) is 5.22 Å². The molecule has 0 spiro atoms. The number of amides is 1. The first-order chi connectivity index (χ1) is 8.05. The molecule has 1 aromatic heterocycles. The zero-order valence-electron chi connectivity index (χ0n) is 8.73. The van der Waals surface area contributed by atoms with Gasteiger partial charge >= 0.3 is 5.97 Å². The van der Waals surface area contributed by atoms with E-state index in [0.29, 0.717) is 17.9 Å². The summed E-state index contributed by atoms with van der Waals surface area (Å²) in [6, 6.07) is 1.41. The van der Waals surface area contributed by atoms with Crippen molar-refractivity contribution in [2.24, 2.45) is 0 Å². The van der Waals surface area contributed by atoms with Crippen molar-refractivity contribution >= 4 is 35.2 Å². The van der Waals surface area contributed by atoms with Gasteiger partial charge in [-0.3, -0.25) is 4.79 Å². The van der Waals surface area contributed by atoms with Gasteiger partial charge in [0.15, 0.2) is 0 Å². The molecule has 2 rings (SSSR count). The summed E-state index contributed by atoms with van der Waals surface area (Å²) in [5.74, 6) is -0.459. The molecule has 0 bridgehead atoms. The topological polar surface area (TPSA) is 79.5 Å². The second-order valence-corrected chi connectivity index (χ2v) is 5.20. The van der Waals surface area contributed by atoms with Crippen LogP contribution in [0, 0.1) is 0 Å². The van der Waals surface area contributed by atoms with E-state index in [-0.39, 0.29) is 10.8 Å². The van der Waals surface area contributed by atoms with Crippen LogP contribution < -0.4 is 5.32 Å². The Bertz CT molecular complexity index is 453. The largest absolute Gasteiger partial charge is 0.479 e. The Morgan fingerprint density at radius 2 is 2.35 bits per heavy atom. The Hall–Kier alpha value is -1.14. The second kappa shape index (κ2) is 4.62. The van der Waals surface area contributed by atoms with Crippen LogP contribution in [-0.2, 0) is 4.79 Å². The highest BCUT2D eigenvalue weighted by atomic mass is 35.5. The summed E-state index contributed by atoms with van der Waals surface area (Å²) in [5.41, 5.74) is -1.04. The van der Waals surface area contributed by atoms with Crippen molar-refractivity contribution in [1.82, 2.24) is 5.32 Å². The molecular formula is C10H10ClNO4S. The van der Waals surface area contributed by atoms with Gasteiger partial charge in [-0.2, -0.15) is 11.8 Å². The number of nitrogens with one attached hydrogen (secondary N) is 1. The lowest BCUT2D eigenvalue weighted by atomic mass is 9.99. The number of carbonyl (C=O) groups excluding carboxylic acids is 1. The van der Waals surface area contributed by atoms with Crippen LogP contribution in [-0.4, -0.2) is 34.0 Å². The molecule has 5 nitrogen and oxygen atoms in total. The molecule has 2 N–H and O–H groups in total. The van der Waals surface area contributed by atoms with Gasteiger partial charge < -0.3 is 14.8 Å². The van der Waals surface area contributed by atoms with Crippen LogP contribution in [0.4, 0.5) is 0 Å². The number of hydrogen-bond donors (Lipinski definition) is 2. The standard InChI is InChI=1S/C10H10ClNO4S/c11-7-6(1-3-16-7)8(13)12-10(9(14)15)2-4-17-5-10/h1,3H,2,4-5H2,(H,12,13)(H,14,15). The summed E-state index contributed by atoms with van der Waals surface area (Å²) in [5, 5.41) is 11.7. The van der Waals surface area contributed by atoms with Crippen molar-refractivity contribution in [2.45, 2.75) is 12.0 Å². The third kappa shape index (κ3) is 2.28. The van der Waals surface area contributed by atoms with Crippen LogP contribution in [0.15, 0.2) is 16.7 Å². The van der Waals surface area contributed by atoms with Gasteiger partial charge in [0.1, 0.15) is 5.54 Å². The van der Waals surface area contributed by atoms with Gasteiger partial charge in [-0.1, -0.05) is 0 Å². The molecule has 1 atom stereocenters. The maximum Gasteiger partial charge on any atom is 0.330 e. The average Bonchev–Trinajstić information content (AvgIpc) is 2.87. The number of carbonyl (C=O) groups is 2. The van der Waals surface area contributed by atoms with Gasteiger partial charge in [0, 0.05) is 5.75 Å². The van der Waals surface area contributed by atoms with E-state index in [0.717, 1.165) is 0 Å². The van der Waals surface area contributed by atoms with Crippen molar-refractivity contribution in [2.75, 3.05) is 11.5 Å². The monoisotopic (exact) mass is 275 g/mol. The zero-order chi connectivity index (χ0) is 12.5. The lowest BCUT2D eigenvalue weighted by Crippen LogP contribution is -2.54. The molecule has 1 fully saturated rings. The molecule has 92 valence electrons. The van der Waals surface area contributed by atoms with E-state index in [9.17, 15) is 14.7 Å². The molecule has 0 aliphatic carbocycles. The van der Waals surface area contributed by atoms with E-state index < -0.39 is 17.4 Å². The van der Waals surface area contributed by atoms with Gasteiger partial charge in [-0.25, -0.2) is 4.79 Å². The highest BCUT2D eigenvalue weighted by Crippen LogP contribution is 2.29. The van der Waals surface area contributed by atoms with Crippen molar-refractivity contribution in [3.63, 3.8) is 0 Å². The Labute approximate surface area is 107 Å². The number of rotatable bonds is 3. The summed E-state index contributed by atoms with van der Waals surface area (Å²) >= 11 is 7.17. The lowest BCUT2D eigenvalue weighted by Gasteiger charge is -2.24. The maximum absolute atomic E-state index is 11.9. The summed E-state index contributed by atoms with van der Waals surface area (Å²) < 4.78 is 4.80. The van der Waals surface area contributed by atoms with Gasteiger partial charge in [0.05, 0.1) is 11.8 Å². The van der Waals surface area contributed by atoms with Crippen LogP contribution in [0.1, 0.15) is 16.8 Å². The molecule has 0 aromatic carbocycles. The average molecular weight is 276 g/mol. The Kier molecular flexibility index (Phi) is 3.35. The fourth-order valence-corrected chi connectivity index (χ4v) is 3.15. The van der Waals surface area contributed by atoms with Crippen molar-refractivity contribution in [1.29, 1.82) is 0 Å². The van der Waals surface area contributed by atoms with Crippen LogP contribution in [0.5, 0.6) is 0 Å². The number of halogens is 1. The maximum atomic E-state index is 11.9. The van der Waals surface area contributed by atoms with Gasteiger partial charge in [0.2, 0.25) is 5.22 Å². The quantitative estimate of drug-likeness (QED) is 0.876. The Balaban J connectivity index is 2.17. The first-order valence-corrected chi connectivity index (χ1v) is 6.45. The van der Waals surface area contributed by atoms with Gasteiger partial charge in [-0.05, 0) is 29.8 Å². The molecule has 0 radical (unpaired) electrons. The van der Waals surface area contributed by atoms with E-state index in [4.69, 9.17) is 16.0 Å². The van der Waals surface area contributed by atoms with E-state index in [1.807, 2.05) is 0 Å². The summed E-state index contributed by atoms with van der Waals surface area (Å²) in [4.78, 5) is 23.1. The molecule has 1 amide bonds. The molecule has 7 heteroatoms. The summed E-state index contributed by atoms with van der Waals surface area (Å²) in [6.07, 6.45) is 1.70. The van der Waals surface area contributed by atoms with E-state index in [1.165, 1.54) is 24.1 Å². The molecule has 1 aliphatic rings. The molecule has 1 aliphatic heterocycles. The minimum absolute atomic E-state index is 0.0336. The van der Waals surface area contributed by atoms with Crippen molar-refractivity contribution in [3.8, 4) is 0 Å². The third-order valence-corrected chi connectivity index (χ3v) is 4.13. The van der Waals surface area contributed by atoms with Crippen molar-refractivity contribution in [3.05, 3.63) is 23.1 Å². The smallest absolute Gasteiger partial charge is 0.330 e. The number of hydrogen-bond acceptors (Lipinski definition) is 4. The zero-order valence-corrected chi connectivity index (χ0v) is 10.3. The fraction of sp³-hybridized carbons (Fsp3) is 0.400. The first kappa shape index (κ1) is 12.3. The van der Waals surface area contributed by atoms with Gasteiger partial charge in [-0.15, -0.1) is 0 Å². The Morgan fingerprint density at radius 1 is 1.59 bits per heavy atom. The molecule has 2 heterocycles. The highest BCUT2D eigenvalue weighted by Gasteiger charge is 2.43. The second-order valence-electron chi connectivity index (χ2n) is 3.75. The van der Waals surface area contributed by atoms with Crippen LogP contribution in [0.25, 0.3) is 0 Å². The molecule has 1 unspecified atom stereocenters. The minimum atomic E-state index is -1.19. The van der Waals surface area contributed by atoms with E-state index in [2.05, 4.69) is 5.32 Å². The Morgan fingerprint density at radius 3 is 2.82 bits per heavy atom. The third-order valence-electron chi connectivity index (χ3n) is 2.65. The van der Waals surface area contributed by atoms with E-state index >= 15 is 0 Å². The van der Waals surface area contributed by atoms with Crippen LogP contribution >= 0.6 is 23.4 Å². The molecule has 17 heavy (non-hydrogen) atoms. The first-order valence-electron chi connectivity index (χ1n) is 4.92. The number of aliphatic carboxylic acids is 1. The molecule has 0 saturated carbocycles. The van der Waals surface area contributed by atoms with Gasteiger partial charge in [0.25, 0.3) is 5.91 Å². The van der Waals surface area contributed by atoms with Crippen LogP contribution in [0.3, 0.4) is 0 Å².